The van der Waals surface area contributed by atoms with Crippen molar-refractivity contribution in [1.82, 2.24) is 0 Å². The molecular weight excluding hydrogens is 429 g/mol. The summed E-state index contributed by atoms with van der Waals surface area (Å²) in [7, 11) is 0. The Labute approximate surface area is 170 Å². The van der Waals surface area contributed by atoms with Crippen molar-refractivity contribution in [3.63, 3.8) is 0 Å². The molecule has 0 N–H and O–H groups in total. The van der Waals surface area contributed by atoms with E-state index in [-0.39, 0.29) is 12.4 Å². The molecular formula is C22H14BrClFNO. The zero-order chi connectivity index (χ0) is 19.2. The molecule has 0 amide bonds. The van der Waals surface area contributed by atoms with Gasteiger partial charge in [0.1, 0.15) is 18.2 Å². The Morgan fingerprint density at radius 2 is 1.85 bits per heavy atom. The molecule has 0 aliphatic rings. The van der Waals surface area contributed by atoms with Gasteiger partial charge in [0.15, 0.2) is 0 Å². The lowest BCUT2D eigenvalue weighted by Crippen LogP contribution is -1.98. The Kier molecular flexibility index (Phi) is 6.28. The largest absolute Gasteiger partial charge is 0.488 e. The van der Waals surface area contributed by atoms with Crippen LogP contribution in [0.4, 0.5) is 4.39 Å². The molecule has 0 atom stereocenters. The second-order valence-corrected chi connectivity index (χ2v) is 7.04. The van der Waals surface area contributed by atoms with Gasteiger partial charge in [-0.15, -0.1) is 0 Å². The van der Waals surface area contributed by atoms with Crippen molar-refractivity contribution in [3.05, 3.63) is 98.7 Å². The molecule has 0 aliphatic heterocycles. The number of allylic oxidation sites excluding steroid dienone is 1. The van der Waals surface area contributed by atoms with E-state index in [1.165, 1.54) is 6.07 Å². The highest BCUT2D eigenvalue weighted by Crippen LogP contribution is 2.29. The first-order valence-corrected chi connectivity index (χ1v) is 9.27. The number of hydrogen-bond donors (Lipinski definition) is 0. The SMILES string of the molecule is N#C/C(=C\c1ccc(OCc2ccccc2F)c(Br)c1)c1ccc(Cl)cc1. The van der Waals surface area contributed by atoms with Crippen LogP contribution < -0.4 is 4.74 Å². The van der Waals surface area contributed by atoms with E-state index < -0.39 is 0 Å². The fourth-order valence-corrected chi connectivity index (χ4v) is 3.11. The van der Waals surface area contributed by atoms with Crippen LogP contribution in [0.25, 0.3) is 11.6 Å². The van der Waals surface area contributed by atoms with Gasteiger partial charge in [0.05, 0.1) is 16.1 Å². The van der Waals surface area contributed by atoms with Gasteiger partial charge in [-0.3, -0.25) is 0 Å². The minimum atomic E-state index is -0.296. The number of hydrogen-bond acceptors (Lipinski definition) is 2. The van der Waals surface area contributed by atoms with Crippen molar-refractivity contribution in [1.29, 1.82) is 5.26 Å². The molecule has 134 valence electrons. The molecule has 0 aliphatic carbocycles. The zero-order valence-corrected chi connectivity index (χ0v) is 16.5. The summed E-state index contributed by atoms with van der Waals surface area (Å²) in [5, 5.41) is 10.1. The highest BCUT2D eigenvalue weighted by atomic mass is 79.9. The molecule has 3 aromatic rings. The minimum absolute atomic E-state index is 0.134. The zero-order valence-electron chi connectivity index (χ0n) is 14.1. The van der Waals surface area contributed by atoms with E-state index in [0.717, 1.165) is 15.6 Å². The predicted octanol–water partition coefficient (Wildman–Crippen LogP) is 6.88. The van der Waals surface area contributed by atoms with Crippen LogP contribution in [0, 0.1) is 17.1 Å². The third-order valence-electron chi connectivity index (χ3n) is 3.88. The van der Waals surface area contributed by atoms with Crippen LogP contribution in [0.3, 0.4) is 0 Å². The van der Waals surface area contributed by atoms with Crippen LogP contribution >= 0.6 is 27.5 Å². The van der Waals surface area contributed by atoms with Gasteiger partial charge in [0, 0.05) is 10.6 Å². The summed E-state index contributed by atoms with van der Waals surface area (Å²) in [6, 6.07) is 21.3. The lowest BCUT2D eigenvalue weighted by molar-refractivity contribution is 0.298. The maximum atomic E-state index is 13.7. The second kappa shape index (κ2) is 8.85. The summed E-state index contributed by atoms with van der Waals surface area (Å²) in [4.78, 5) is 0. The molecule has 0 saturated heterocycles. The maximum Gasteiger partial charge on any atom is 0.134 e. The van der Waals surface area contributed by atoms with Crippen LogP contribution in [-0.4, -0.2) is 0 Å². The molecule has 0 bridgehead atoms. The quantitative estimate of drug-likeness (QED) is 0.318. The summed E-state index contributed by atoms with van der Waals surface area (Å²) in [6.07, 6.45) is 1.79. The monoisotopic (exact) mass is 441 g/mol. The highest BCUT2D eigenvalue weighted by Gasteiger charge is 2.07. The van der Waals surface area contributed by atoms with Gasteiger partial charge in [-0.1, -0.05) is 48.0 Å². The van der Waals surface area contributed by atoms with E-state index >= 15 is 0 Å². The predicted molar refractivity (Wildman–Crippen MR) is 110 cm³/mol. The second-order valence-electron chi connectivity index (χ2n) is 5.75. The van der Waals surface area contributed by atoms with Crippen LogP contribution in [0.5, 0.6) is 5.75 Å². The molecule has 3 aromatic carbocycles. The molecule has 0 spiro atoms. The Hall–Kier alpha value is -2.61. The Morgan fingerprint density at radius 1 is 1.11 bits per heavy atom. The Bertz CT molecular complexity index is 1030. The normalized spacial score (nSPS) is 11.1. The van der Waals surface area contributed by atoms with E-state index in [0.29, 0.717) is 21.9 Å². The van der Waals surface area contributed by atoms with Crippen LogP contribution in [0.1, 0.15) is 16.7 Å². The summed E-state index contributed by atoms with van der Waals surface area (Å²) in [5.74, 6) is 0.301. The topological polar surface area (TPSA) is 33.0 Å². The van der Waals surface area contributed by atoms with Gasteiger partial charge < -0.3 is 4.74 Å². The fourth-order valence-electron chi connectivity index (χ4n) is 2.47. The highest BCUT2D eigenvalue weighted by molar-refractivity contribution is 9.10. The average molecular weight is 443 g/mol. The van der Waals surface area contributed by atoms with Gasteiger partial charge in [-0.2, -0.15) is 5.26 Å². The number of nitriles is 1. The first kappa shape index (κ1) is 19.2. The van der Waals surface area contributed by atoms with E-state index in [4.69, 9.17) is 16.3 Å². The summed E-state index contributed by atoms with van der Waals surface area (Å²) >= 11 is 9.36. The number of rotatable bonds is 5. The van der Waals surface area contributed by atoms with Gasteiger partial charge in [-0.05, 0) is 63.5 Å². The lowest BCUT2D eigenvalue weighted by Gasteiger charge is -2.10. The van der Waals surface area contributed by atoms with Crippen LogP contribution in [-0.2, 0) is 6.61 Å². The van der Waals surface area contributed by atoms with Gasteiger partial charge >= 0.3 is 0 Å². The molecule has 0 aromatic heterocycles. The molecule has 27 heavy (non-hydrogen) atoms. The fraction of sp³-hybridized carbons (Fsp3) is 0.0455. The summed E-state index contributed by atoms with van der Waals surface area (Å²) in [5.41, 5.74) is 2.64. The first-order valence-electron chi connectivity index (χ1n) is 8.10. The van der Waals surface area contributed by atoms with Crippen molar-refractivity contribution >= 4 is 39.2 Å². The molecule has 2 nitrogen and oxygen atoms in total. The third-order valence-corrected chi connectivity index (χ3v) is 4.76. The summed E-state index contributed by atoms with van der Waals surface area (Å²) in [6.45, 7) is 0.134. The molecule has 0 heterocycles. The van der Waals surface area contributed by atoms with E-state index in [1.54, 1.807) is 54.6 Å². The Balaban J connectivity index is 1.78. The van der Waals surface area contributed by atoms with Crippen LogP contribution in [0.2, 0.25) is 5.02 Å². The smallest absolute Gasteiger partial charge is 0.134 e. The molecule has 0 radical (unpaired) electrons. The van der Waals surface area contributed by atoms with E-state index in [1.807, 2.05) is 12.1 Å². The molecule has 3 rings (SSSR count). The number of nitrogens with zero attached hydrogens (tertiary/aromatic N) is 1. The number of ether oxygens (including phenoxy) is 1. The minimum Gasteiger partial charge on any atom is -0.488 e. The number of halogens is 3. The van der Waals surface area contributed by atoms with Crippen molar-refractivity contribution in [2.45, 2.75) is 6.61 Å². The molecule has 0 unspecified atom stereocenters. The lowest BCUT2D eigenvalue weighted by atomic mass is 10.0. The molecule has 0 fully saturated rings. The average Bonchev–Trinajstić information content (AvgIpc) is 2.67. The van der Waals surface area contributed by atoms with Crippen molar-refractivity contribution < 1.29 is 9.13 Å². The Morgan fingerprint density at radius 3 is 2.52 bits per heavy atom. The first-order chi connectivity index (χ1) is 13.1. The van der Waals surface area contributed by atoms with Crippen molar-refractivity contribution in [3.8, 4) is 11.8 Å². The molecule has 0 saturated carbocycles. The summed E-state index contributed by atoms with van der Waals surface area (Å²) < 4.78 is 20.1. The number of benzene rings is 3. The molecule has 5 heteroatoms. The van der Waals surface area contributed by atoms with Gasteiger partial charge in [-0.25, -0.2) is 4.39 Å². The van der Waals surface area contributed by atoms with E-state index in [9.17, 15) is 9.65 Å². The maximum absolute atomic E-state index is 13.7. The van der Waals surface area contributed by atoms with Crippen LogP contribution in [0.15, 0.2) is 71.2 Å². The van der Waals surface area contributed by atoms with Crippen molar-refractivity contribution in [2.75, 3.05) is 0 Å². The third kappa shape index (κ3) is 4.97. The standard InChI is InChI=1S/C22H14BrClFNO/c23-20-12-15(11-18(13-26)16-6-8-19(24)9-7-16)5-10-22(20)27-14-17-3-1-2-4-21(17)25/h1-12H,14H2/b18-11+. The van der Waals surface area contributed by atoms with Gasteiger partial charge in [0.25, 0.3) is 0 Å². The van der Waals surface area contributed by atoms with E-state index in [2.05, 4.69) is 22.0 Å². The van der Waals surface area contributed by atoms with Gasteiger partial charge in [0.2, 0.25) is 0 Å². The van der Waals surface area contributed by atoms with Crippen molar-refractivity contribution in [2.24, 2.45) is 0 Å².